The summed E-state index contributed by atoms with van der Waals surface area (Å²) >= 11 is 0. The van der Waals surface area contributed by atoms with Crippen LogP contribution in [0, 0.1) is 12.8 Å². The molecule has 0 aromatic carbocycles. The van der Waals surface area contributed by atoms with Crippen LogP contribution in [-0.4, -0.2) is 102 Å². The quantitative estimate of drug-likeness (QED) is 0.0497. The molecule has 1 atom stereocenters. The number of carbonyl (C=O) groups is 2. The molecule has 0 spiro atoms. The smallest absolute Gasteiger partial charge is 0.465 e. The number of ether oxygens (including phenoxy) is 5. The van der Waals surface area contributed by atoms with Crippen molar-refractivity contribution in [1.82, 2.24) is 9.80 Å². The largest absolute Gasteiger partial charge is 0.508 e. The molecular weight excluding hydrogens is 536 g/mol. The van der Waals surface area contributed by atoms with Gasteiger partial charge in [-0.1, -0.05) is 78.1 Å². The number of likely N-dealkylation sites (N-methyl/N-ethyl adjacent to an activating group) is 2. The first-order valence-electron chi connectivity index (χ1n) is 16.6. The average Bonchev–Trinajstić information content (AvgIpc) is 2.97. The maximum absolute atomic E-state index is 12.4. The number of nitrogens with zero attached hydrogens (tertiary/aromatic N) is 2. The van der Waals surface area contributed by atoms with Gasteiger partial charge in [0.25, 0.3) is 0 Å². The fraction of sp³-hybridized carbons (Fsp3) is 0.909. The average molecular weight is 602 g/mol. The molecule has 0 amide bonds. The highest BCUT2D eigenvalue weighted by atomic mass is 16.7. The third-order valence-electron chi connectivity index (χ3n) is 6.94. The number of carbonyl (C=O) groups excluding carboxylic acids is 2. The second kappa shape index (κ2) is 29.6. The minimum Gasteiger partial charge on any atom is -0.465 e. The van der Waals surface area contributed by atoms with E-state index in [1.165, 1.54) is 51.4 Å². The monoisotopic (exact) mass is 601 g/mol. The lowest BCUT2D eigenvalue weighted by molar-refractivity contribution is -0.160. The molecule has 9 nitrogen and oxygen atoms in total. The molecule has 0 heterocycles. The Morgan fingerprint density at radius 2 is 1.19 bits per heavy atom. The molecule has 0 fully saturated rings. The van der Waals surface area contributed by atoms with Crippen LogP contribution < -0.4 is 0 Å². The van der Waals surface area contributed by atoms with E-state index in [0.717, 1.165) is 51.7 Å². The Hall–Kier alpha value is -1.42. The molecule has 0 aromatic heterocycles. The van der Waals surface area contributed by atoms with Gasteiger partial charge in [0.05, 0.1) is 19.6 Å². The van der Waals surface area contributed by atoms with Gasteiger partial charge in [0.2, 0.25) is 0 Å². The van der Waals surface area contributed by atoms with Crippen LogP contribution >= 0.6 is 0 Å². The molecule has 249 valence electrons. The Morgan fingerprint density at radius 3 is 1.76 bits per heavy atom. The molecular formula is C33H65N2O7. The number of unbranched alkanes of at least 4 members (excludes halogenated alkanes) is 10. The van der Waals surface area contributed by atoms with Crippen molar-refractivity contribution < 1.29 is 33.3 Å². The van der Waals surface area contributed by atoms with Crippen LogP contribution in [0.5, 0.6) is 0 Å². The number of rotatable bonds is 30. The van der Waals surface area contributed by atoms with Crippen LogP contribution in [0.25, 0.3) is 0 Å². The molecule has 0 aliphatic carbocycles. The molecule has 1 radical (unpaired) electrons. The molecule has 42 heavy (non-hydrogen) atoms. The highest BCUT2D eigenvalue weighted by Crippen LogP contribution is 2.12. The van der Waals surface area contributed by atoms with E-state index in [-0.39, 0.29) is 31.5 Å². The van der Waals surface area contributed by atoms with Crippen LogP contribution in [0.2, 0.25) is 0 Å². The second-order valence-corrected chi connectivity index (χ2v) is 11.7. The zero-order valence-corrected chi connectivity index (χ0v) is 27.9. The minimum atomic E-state index is -0.723. The van der Waals surface area contributed by atoms with Gasteiger partial charge in [-0.25, -0.2) is 4.79 Å². The normalized spacial score (nSPS) is 12.3. The topological polar surface area (TPSA) is 86.8 Å². The van der Waals surface area contributed by atoms with Crippen LogP contribution in [0.4, 0.5) is 4.79 Å². The van der Waals surface area contributed by atoms with Gasteiger partial charge in [0, 0.05) is 45.2 Å². The predicted octanol–water partition coefficient (Wildman–Crippen LogP) is 6.88. The maximum atomic E-state index is 12.4. The van der Waals surface area contributed by atoms with Gasteiger partial charge in [0.1, 0.15) is 6.61 Å². The lowest BCUT2D eigenvalue weighted by atomic mass is 10.1. The molecule has 0 saturated heterocycles. The van der Waals surface area contributed by atoms with E-state index in [1.807, 2.05) is 21.1 Å². The number of esters is 1. The predicted molar refractivity (Wildman–Crippen MR) is 169 cm³/mol. The zero-order valence-electron chi connectivity index (χ0n) is 27.9. The lowest BCUT2D eigenvalue weighted by Gasteiger charge is -2.19. The first-order valence-corrected chi connectivity index (χ1v) is 16.6. The summed E-state index contributed by atoms with van der Waals surface area (Å²) in [4.78, 5) is 28.5. The third-order valence-corrected chi connectivity index (χ3v) is 6.94. The fourth-order valence-electron chi connectivity index (χ4n) is 4.18. The summed E-state index contributed by atoms with van der Waals surface area (Å²) in [6.45, 7) is 12.8. The van der Waals surface area contributed by atoms with E-state index < -0.39 is 12.4 Å². The van der Waals surface area contributed by atoms with Crippen molar-refractivity contribution in [3.8, 4) is 0 Å². The van der Waals surface area contributed by atoms with Crippen LogP contribution in [0.15, 0.2) is 0 Å². The van der Waals surface area contributed by atoms with Crippen molar-refractivity contribution in [1.29, 1.82) is 0 Å². The summed E-state index contributed by atoms with van der Waals surface area (Å²) in [5, 5.41) is 0. The maximum Gasteiger partial charge on any atom is 0.508 e. The summed E-state index contributed by atoms with van der Waals surface area (Å²) in [7, 11) is 6.13. The van der Waals surface area contributed by atoms with Crippen molar-refractivity contribution in [2.24, 2.45) is 5.92 Å². The molecule has 0 saturated carbocycles. The van der Waals surface area contributed by atoms with Crippen LogP contribution in [0.1, 0.15) is 110 Å². The van der Waals surface area contributed by atoms with Crippen molar-refractivity contribution in [2.45, 2.75) is 116 Å². The summed E-state index contributed by atoms with van der Waals surface area (Å²) in [6, 6.07) is 0. The van der Waals surface area contributed by atoms with E-state index in [0.29, 0.717) is 26.2 Å². The van der Waals surface area contributed by atoms with Gasteiger partial charge in [-0.2, -0.15) is 0 Å². The Morgan fingerprint density at radius 1 is 0.643 bits per heavy atom. The van der Waals surface area contributed by atoms with Gasteiger partial charge in [0.15, 0.2) is 6.29 Å². The first-order chi connectivity index (χ1) is 20.3. The van der Waals surface area contributed by atoms with Crippen LogP contribution in [-0.2, 0) is 28.5 Å². The molecule has 1 unspecified atom stereocenters. The number of hydrogen-bond donors (Lipinski definition) is 0. The summed E-state index contributed by atoms with van der Waals surface area (Å²) in [6.07, 6.45) is 14.7. The molecule has 0 rings (SSSR count). The molecule has 0 aliphatic heterocycles. The molecule has 0 bridgehead atoms. The first kappa shape index (κ1) is 40.6. The molecule has 0 N–H and O–H groups in total. The highest BCUT2D eigenvalue weighted by Gasteiger charge is 2.15. The van der Waals surface area contributed by atoms with Crippen molar-refractivity contribution in [2.75, 3.05) is 73.8 Å². The van der Waals surface area contributed by atoms with Gasteiger partial charge in [-0.3, -0.25) is 4.79 Å². The van der Waals surface area contributed by atoms with Crippen molar-refractivity contribution in [3.63, 3.8) is 0 Å². The van der Waals surface area contributed by atoms with E-state index in [4.69, 9.17) is 23.7 Å². The lowest BCUT2D eigenvalue weighted by Crippen LogP contribution is -2.30. The van der Waals surface area contributed by atoms with E-state index >= 15 is 0 Å². The Labute approximate surface area is 258 Å². The zero-order chi connectivity index (χ0) is 31.3. The van der Waals surface area contributed by atoms with Crippen molar-refractivity contribution >= 4 is 12.1 Å². The molecule has 0 aliphatic rings. The SMILES string of the molecule is [CH2]C(COC(=O)CCC(OCCCCCCCC)OCCCCCCCC)COC(=O)OCCCN(C)CCN(C)C. The van der Waals surface area contributed by atoms with Gasteiger partial charge in [-0.15, -0.1) is 0 Å². The third kappa shape index (κ3) is 28.7. The summed E-state index contributed by atoms with van der Waals surface area (Å²) in [5.41, 5.74) is 0. The van der Waals surface area contributed by atoms with Gasteiger partial charge < -0.3 is 33.5 Å². The Kier molecular flexibility index (Phi) is 28.6. The Balaban J connectivity index is 4.15. The minimum absolute atomic E-state index is 0.0280. The summed E-state index contributed by atoms with van der Waals surface area (Å²) in [5.74, 6) is -0.705. The Bertz CT molecular complexity index is 603. The van der Waals surface area contributed by atoms with Crippen molar-refractivity contribution in [3.05, 3.63) is 6.92 Å². The van der Waals surface area contributed by atoms with Gasteiger partial charge in [-0.05, 0) is 47.3 Å². The highest BCUT2D eigenvalue weighted by molar-refractivity contribution is 5.69. The van der Waals surface area contributed by atoms with E-state index in [9.17, 15) is 9.59 Å². The van der Waals surface area contributed by atoms with E-state index in [1.54, 1.807) is 0 Å². The van der Waals surface area contributed by atoms with E-state index in [2.05, 4.69) is 30.6 Å². The summed E-state index contributed by atoms with van der Waals surface area (Å²) < 4.78 is 27.6. The molecule has 9 heteroatoms. The standard InChI is InChI=1S/C33H65N2O7/c1-7-9-11-13-15-17-25-38-32(39-26-18-16-14-12-10-8-2)21-20-31(36)41-28-30(3)29-42-33(37)40-27-19-22-35(6)24-23-34(4)5/h30,32H,3,7-29H2,1-2,4-6H3. The number of hydrogen-bond acceptors (Lipinski definition) is 9. The van der Waals surface area contributed by atoms with Gasteiger partial charge >= 0.3 is 12.1 Å². The second-order valence-electron chi connectivity index (χ2n) is 11.7. The van der Waals surface area contributed by atoms with Crippen LogP contribution in [0.3, 0.4) is 0 Å². The fourth-order valence-corrected chi connectivity index (χ4v) is 4.18. The molecule has 0 aromatic rings.